The van der Waals surface area contributed by atoms with Crippen LogP contribution in [0.5, 0.6) is 0 Å². The SMILES string of the molecule is ClC1CCN(Cc2cn3ccsc3n2)C1. The highest BCUT2D eigenvalue weighted by molar-refractivity contribution is 7.15. The number of hydrogen-bond donors (Lipinski definition) is 0. The Kier molecular flexibility index (Phi) is 2.42. The number of aromatic nitrogens is 2. The Morgan fingerprint density at radius 2 is 2.53 bits per heavy atom. The third-order valence-corrected chi connectivity index (χ3v) is 3.87. The Morgan fingerprint density at radius 1 is 1.60 bits per heavy atom. The number of alkyl halides is 1. The van der Waals surface area contributed by atoms with Crippen molar-refractivity contribution in [3.05, 3.63) is 23.5 Å². The van der Waals surface area contributed by atoms with E-state index in [1.807, 2.05) is 6.20 Å². The van der Waals surface area contributed by atoms with E-state index in [2.05, 4.69) is 25.9 Å². The zero-order valence-corrected chi connectivity index (χ0v) is 9.84. The van der Waals surface area contributed by atoms with Gasteiger partial charge in [0.2, 0.25) is 0 Å². The van der Waals surface area contributed by atoms with Crippen LogP contribution in [-0.2, 0) is 6.54 Å². The Balaban J connectivity index is 1.75. The van der Waals surface area contributed by atoms with Gasteiger partial charge in [-0.25, -0.2) is 4.98 Å². The normalized spacial score (nSPS) is 22.9. The van der Waals surface area contributed by atoms with Gasteiger partial charge in [-0.3, -0.25) is 9.30 Å². The molecule has 3 nitrogen and oxygen atoms in total. The lowest BCUT2D eigenvalue weighted by atomic mass is 10.4. The quantitative estimate of drug-likeness (QED) is 0.752. The fourth-order valence-corrected chi connectivity index (χ4v) is 3.02. The summed E-state index contributed by atoms with van der Waals surface area (Å²) in [5.41, 5.74) is 1.15. The van der Waals surface area contributed by atoms with E-state index in [1.165, 1.54) is 0 Å². The van der Waals surface area contributed by atoms with E-state index in [0.717, 1.165) is 36.7 Å². The first-order valence-electron chi connectivity index (χ1n) is 5.09. The molecule has 1 saturated heterocycles. The number of rotatable bonds is 2. The second kappa shape index (κ2) is 3.77. The number of nitrogens with zero attached hydrogens (tertiary/aromatic N) is 3. The molecule has 0 saturated carbocycles. The molecule has 0 spiro atoms. The van der Waals surface area contributed by atoms with Crippen molar-refractivity contribution in [3.63, 3.8) is 0 Å². The molecule has 0 bridgehead atoms. The summed E-state index contributed by atoms with van der Waals surface area (Å²) in [4.78, 5) is 8.00. The molecular formula is C10H12ClN3S. The van der Waals surface area contributed by atoms with E-state index in [-0.39, 0.29) is 0 Å². The van der Waals surface area contributed by atoms with Crippen LogP contribution < -0.4 is 0 Å². The van der Waals surface area contributed by atoms with Crippen molar-refractivity contribution in [1.29, 1.82) is 0 Å². The van der Waals surface area contributed by atoms with Crippen LogP contribution in [0.1, 0.15) is 12.1 Å². The summed E-state index contributed by atoms with van der Waals surface area (Å²) in [6, 6.07) is 0. The van der Waals surface area contributed by atoms with Crippen LogP contribution in [0, 0.1) is 0 Å². The van der Waals surface area contributed by atoms with Crippen LogP contribution in [0.25, 0.3) is 4.96 Å². The molecule has 2 aromatic heterocycles. The van der Waals surface area contributed by atoms with E-state index in [0.29, 0.717) is 5.38 Å². The lowest BCUT2D eigenvalue weighted by Crippen LogP contribution is -2.20. The van der Waals surface area contributed by atoms with Crippen molar-refractivity contribution in [2.24, 2.45) is 0 Å². The average molecular weight is 242 g/mol. The van der Waals surface area contributed by atoms with Gasteiger partial charge in [0.25, 0.3) is 0 Å². The van der Waals surface area contributed by atoms with Crippen molar-refractivity contribution in [3.8, 4) is 0 Å². The highest BCUT2D eigenvalue weighted by Crippen LogP contribution is 2.18. The molecule has 80 valence electrons. The number of thiazole rings is 1. The summed E-state index contributed by atoms with van der Waals surface area (Å²) in [6.45, 7) is 3.02. The molecule has 2 aromatic rings. The van der Waals surface area contributed by atoms with Gasteiger partial charge in [0, 0.05) is 42.8 Å². The third-order valence-electron chi connectivity index (χ3n) is 2.74. The zero-order valence-electron chi connectivity index (χ0n) is 8.27. The first kappa shape index (κ1) is 9.63. The molecule has 0 aliphatic carbocycles. The van der Waals surface area contributed by atoms with E-state index in [1.54, 1.807) is 11.3 Å². The van der Waals surface area contributed by atoms with E-state index < -0.39 is 0 Å². The molecule has 1 aliphatic rings. The predicted molar refractivity (Wildman–Crippen MR) is 62.6 cm³/mol. The molecule has 1 fully saturated rings. The Morgan fingerprint density at radius 3 is 3.27 bits per heavy atom. The fourth-order valence-electron chi connectivity index (χ4n) is 2.01. The summed E-state index contributed by atoms with van der Waals surface area (Å²) in [5.74, 6) is 0. The van der Waals surface area contributed by atoms with Crippen LogP contribution in [0.3, 0.4) is 0 Å². The number of imidazole rings is 1. The minimum Gasteiger partial charge on any atom is -0.297 e. The summed E-state index contributed by atoms with van der Waals surface area (Å²) < 4.78 is 2.08. The van der Waals surface area contributed by atoms with Crippen LogP contribution in [0.15, 0.2) is 17.8 Å². The van der Waals surface area contributed by atoms with E-state index in [9.17, 15) is 0 Å². The molecule has 0 amide bonds. The van der Waals surface area contributed by atoms with E-state index in [4.69, 9.17) is 11.6 Å². The Bertz CT molecular complexity index is 435. The molecule has 0 N–H and O–H groups in total. The van der Waals surface area contributed by atoms with Gasteiger partial charge >= 0.3 is 0 Å². The molecule has 1 aliphatic heterocycles. The van der Waals surface area contributed by atoms with Crippen molar-refractivity contribution in [2.75, 3.05) is 13.1 Å². The molecule has 1 atom stereocenters. The van der Waals surface area contributed by atoms with Gasteiger partial charge in [-0.1, -0.05) is 0 Å². The van der Waals surface area contributed by atoms with Crippen LogP contribution in [0.2, 0.25) is 0 Å². The minimum atomic E-state index is 0.328. The molecule has 0 aromatic carbocycles. The highest BCUT2D eigenvalue weighted by Gasteiger charge is 2.20. The van der Waals surface area contributed by atoms with Crippen molar-refractivity contribution >= 4 is 27.9 Å². The van der Waals surface area contributed by atoms with Crippen LogP contribution in [0.4, 0.5) is 0 Å². The van der Waals surface area contributed by atoms with Gasteiger partial charge in [0.1, 0.15) is 0 Å². The second-order valence-electron chi connectivity index (χ2n) is 3.95. The molecule has 1 unspecified atom stereocenters. The lowest BCUT2D eigenvalue weighted by molar-refractivity contribution is 0.328. The Labute approximate surface area is 97.3 Å². The molecule has 15 heavy (non-hydrogen) atoms. The standard InChI is InChI=1S/C10H12ClN3S/c11-8-1-2-13(5-8)6-9-7-14-3-4-15-10(14)12-9/h3-4,7-8H,1-2,5-6H2. The average Bonchev–Trinajstić information content (AvgIpc) is 2.81. The summed E-state index contributed by atoms with van der Waals surface area (Å²) in [5, 5.41) is 2.38. The van der Waals surface area contributed by atoms with Gasteiger partial charge in [-0.15, -0.1) is 22.9 Å². The maximum absolute atomic E-state index is 6.07. The largest absolute Gasteiger partial charge is 0.297 e. The van der Waals surface area contributed by atoms with Gasteiger partial charge in [0.05, 0.1) is 5.69 Å². The van der Waals surface area contributed by atoms with Gasteiger partial charge in [0.15, 0.2) is 4.96 Å². The third kappa shape index (κ3) is 1.89. The number of fused-ring (bicyclic) bond motifs is 1. The summed E-state index contributed by atoms with van der Waals surface area (Å²) >= 11 is 7.74. The molecule has 0 radical (unpaired) electrons. The maximum Gasteiger partial charge on any atom is 0.193 e. The number of halogens is 1. The lowest BCUT2D eigenvalue weighted by Gasteiger charge is -2.12. The predicted octanol–water partition coefficient (Wildman–Crippen LogP) is 2.21. The van der Waals surface area contributed by atoms with Gasteiger partial charge in [-0.05, 0) is 6.42 Å². The van der Waals surface area contributed by atoms with Crippen molar-refractivity contribution in [1.82, 2.24) is 14.3 Å². The highest BCUT2D eigenvalue weighted by atomic mass is 35.5. The molecule has 3 rings (SSSR count). The van der Waals surface area contributed by atoms with Crippen LogP contribution >= 0.6 is 22.9 Å². The van der Waals surface area contributed by atoms with E-state index >= 15 is 0 Å². The zero-order chi connectivity index (χ0) is 10.3. The molecule has 5 heteroatoms. The first-order valence-corrected chi connectivity index (χ1v) is 6.40. The molecular weight excluding hydrogens is 230 g/mol. The topological polar surface area (TPSA) is 20.5 Å². The monoisotopic (exact) mass is 241 g/mol. The number of likely N-dealkylation sites (tertiary alicyclic amines) is 1. The fraction of sp³-hybridized carbons (Fsp3) is 0.500. The van der Waals surface area contributed by atoms with Crippen LogP contribution in [-0.4, -0.2) is 32.8 Å². The minimum absolute atomic E-state index is 0.328. The summed E-state index contributed by atoms with van der Waals surface area (Å²) in [6.07, 6.45) is 5.25. The Hall–Kier alpha value is -0.580. The van der Waals surface area contributed by atoms with Gasteiger partial charge in [-0.2, -0.15) is 0 Å². The van der Waals surface area contributed by atoms with Crippen molar-refractivity contribution in [2.45, 2.75) is 18.3 Å². The van der Waals surface area contributed by atoms with Crippen molar-refractivity contribution < 1.29 is 0 Å². The second-order valence-corrected chi connectivity index (χ2v) is 5.44. The van der Waals surface area contributed by atoms with Gasteiger partial charge < -0.3 is 0 Å². The smallest absolute Gasteiger partial charge is 0.193 e. The molecule has 3 heterocycles. The number of hydrogen-bond acceptors (Lipinski definition) is 3. The maximum atomic E-state index is 6.07. The summed E-state index contributed by atoms with van der Waals surface area (Å²) in [7, 11) is 0. The first-order chi connectivity index (χ1) is 7.31.